The topological polar surface area (TPSA) is 67.4 Å². The van der Waals surface area contributed by atoms with Crippen molar-refractivity contribution in [2.24, 2.45) is 5.92 Å². The Morgan fingerprint density at radius 1 is 1.40 bits per heavy atom. The number of ether oxygens (including phenoxy) is 1. The van der Waals surface area contributed by atoms with Crippen molar-refractivity contribution in [2.45, 2.75) is 19.8 Å². The minimum Gasteiger partial charge on any atom is -0.465 e. The molecule has 5 nitrogen and oxygen atoms in total. The summed E-state index contributed by atoms with van der Waals surface area (Å²) in [5.41, 5.74) is 2.08. The van der Waals surface area contributed by atoms with Crippen LogP contribution in [-0.4, -0.2) is 32.1 Å². The summed E-state index contributed by atoms with van der Waals surface area (Å²) in [5, 5.41) is 6.16. The molecule has 1 fully saturated rings. The predicted molar refractivity (Wildman–Crippen MR) is 76.7 cm³/mol. The molecule has 1 aromatic rings. The fraction of sp³-hybridized carbons (Fsp3) is 0.467. The highest BCUT2D eigenvalue weighted by molar-refractivity contribution is 5.95. The van der Waals surface area contributed by atoms with E-state index in [0.717, 1.165) is 37.2 Å². The second kappa shape index (κ2) is 6.52. The fourth-order valence-electron chi connectivity index (χ4n) is 2.36. The normalized spacial score (nSPS) is 18.4. The first-order chi connectivity index (χ1) is 9.61. The standard InChI is InChI=1S/C15H20N2O3/c1-10-8-11(15(19)20-2)5-6-13(10)17-14(18)12-4-3-7-16-9-12/h5-6,8,12,16H,3-4,7,9H2,1-2H3,(H,17,18). The molecule has 0 aliphatic carbocycles. The summed E-state index contributed by atoms with van der Waals surface area (Å²) >= 11 is 0. The van der Waals surface area contributed by atoms with Gasteiger partial charge in [-0.15, -0.1) is 0 Å². The quantitative estimate of drug-likeness (QED) is 0.825. The summed E-state index contributed by atoms with van der Waals surface area (Å²) in [6.45, 7) is 3.57. The van der Waals surface area contributed by atoms with Gasteiger partial charge in [-0.1, -0.05) is 0 Å². The van der Waals surface area contributed by atoms with Gasteiger partial charge in [-0.05, 0) is 50.1 Å². The van der Waals surface area contributed by atoms with Gasteiger partial charge >= 0.3 is 5.97 Å². The lowest BCUT2D eigenvalue weighted by Gasteiger charge is -2.22. The monoisotopic (exact) mass is 276 g/mol. The van der Waals surface area contributed by atoms with Crippen LogP contribution in [0, 0.1) is 12.8 Å². The minimum atomic E-state index is -0.373. The molecule has 5 heteroatoms. The molecule has 2 rings (SSSR count). The molecule has 108 valence electrons. The van der Waals surface area contributed by atoms with E-state index < -0.39 is 0 Å². The lowest BCUT2D eigenvalue weighted by molar-refractivity contribution is -0.120. The number of piperidine rings is 1. The molecule has 1 heterocycles. The predicted octanol–water partition coefficient (Wildman–Crippen LogP) is 1.72. The van der Waals surface area contributed by atoms with Crippen LogP contribution in [0.15, 0.2) is 18.2 Å². The van der Waals surface area contributed by atoms with Crippen LogP contribution in [0.2, 0.25) is 0 Å². The van der Waals surface area contributed by atoms with Crippen molar-refractivity contribution >= 4 is 17.6 Å². The molecule has 0 aromatic heterocycles. The Hall–Kier alpha value is -1.88. The SMILES string of the molecule is COC(=O)c1ccc(NC(=O)C2CCCNC2)c(C)c1. The van der Waals surface area contributed by atoms with Gasteiger partial charge in [-0.3, -0.25) is 4.79 Å². The molecule has 0 radical (unpaired) electrons. The molecule has 1 aliphatic heterocycles. The molecule has 1 aliphatic rings. The molecular weight excluding hydrogens is 256 g/mol. The van der Waals surface area contributed by atoms with Gasteiger partial charge in [0.05, 0.1) is 18.6 Å². The number of nitrogens with one attached hydrogen (secondary N) is 2. The Balaban J connectivity index is 2.05. The van der Waals surface area contributed by atoms with Crippen LogP contribution in [0.5, 0.6) is 0 Å². The van der Waals surface area contributed by atoms with Gasteiger partial charge in [0.1, 0.15) is 0 Å². The molecule has 2 N–H and O–H groups in total. The Morgan fingerprint density at radius 3 is 2.80 bits per heavy atom. The number of hydrogen-bond acceptors (Lipinski definition) is 4. The van der Waals surface area contributed by atoms with Crippen LogP contribution in [0.4, 0.5) is 5.69 Å². The van der Waals surface area contributed by atoms with Gasteiger partial charge in [-0.25, -0.2) is 4.79 Å². The minimum absolute atomic E-state index is 0.0171. The lowest BCUT2D eigenvalue weighted by Crippen LogP contribution is -2.37. The molecule has 1 aromatic carbocycles. The molecule has 20 heavy (non-hydrogen) atoms. The van der Waals surface area contributed by atoms with E-state index in [1.807, 2.05) is 6.92 Å². The van der Waals surface area contributed by atoms with E-state index in [4.69, 9.17) is 0 Å². The van der Waals surface area contributed by atoms with Crippen molar-refractivity contribution < 1.29 is 14.3 Å². The third-order valence-electron chi connectivity index (χ3n) is 3.57. The van der Waals surface area contributed by atoms with Crippen molar-refractivity contribution in [2.75, 3.05) is 25.5 Å². The highest BCUT2D eigenvalue weighted by Gasteiger charge is 2.21. The summed E-state index contributed by atoms with van der Waals surface area (Å²) in [6.07, 6.45) is 1.94. The molecule has 1 unspecified atom stereocenters. The first kappa shape index (κ1) is 14.5. The lowest BCUT2D eigenvalue weighted by atomic mass is 9.98. The summed E-state index contributed by atoms with van der Waals surface area (Å²) < 4.78 is 4.67. The molecule has 1 atom stereocenters. The first-order valence-electron chi connectivity index (χ1n) is 6.82. The largest absolute Gasteiger partial charge is 0.465 e. The van der Waals surface area contributed by atoms with Crippen LogP contribution in [0.25, 0.3) is 0 Å². The number of rotatable bonds is 3. The molecule has 0 bridgehead atoms. The van der Waals surface area contributed by atoms with Crippen LogP contribution in [0.1, 0.15) is 28.8 Å². The maximum absolute atomic E-state index is 12.2. The third kappa shape index (κ3) is 3.36. The van der Waals surface area contributed by atoms with Gasteiger partial charge in [-0.2, -0.15) is 0 Å². The van der Waals surface area contributed by atoms with Crippen LogP contribution < -0.4 is 10.6 Å². The smallest absolute Gasteiger partial charge is 0.337 e. The summed E-state index contributed by atoms with van der Waals surface area (Å²) in [7, 11) is 1.35. The molecular formula is C15H20N2O3. The van der Waals surface area contributed by atoms with E-state index in [0.29, 0.717) is 5.56 Å². The van der Waals surface area contributed by atoms with Crippen molar-refractivity contribution in [1.82, 2.24) is 5.32 Å². The van der Waals surface area contributed by atoms with Gasteiger partial charge in [0.25, 0.3) is 0 Å². The van der Waals surface area contributed by atoms with Gasteiger partial charge in [0.2, 0.25) is 5.91 Å². The summed E-state index contributed by atoms with van der Waals surface area (Å²) in [6, 6.07) is 5.13. The van der Waals surface area contributed by atoms with E-state index in [9.17, 15) is 9.59 Å². The van der Waals surface area contributed by atoms with Crippen LogP contribution in [0.3, 0.4) is 0 Å². The molecule has 0 spiro atoms. The highest BCUT2D eigenvalue weighted by atomic mass is 16.5. The van der Waals surface area contributed by atoms with Crippen molar-refractivity contribution in [3.05, 3.63) is 29.3 Å². The highest BCUT2D eigenvalue weighted by Crippen LogP contribution is 2.19. The Morgan fingerprint density at radius 2 is 2.20 bits per heavy atom. The summed E-state index contributed by atoms with van der Waals surface area (Å²) in [5.74, 6) is -0.322. The maximum Gasteiger partial charge on any atom is 0.337 e. The maximum atomic E-state index is 12.2. The zero-order chi connectivity index (χ0) is 14.5. The number of benzene rings is 1. The number of methoxy groups -OCH3 is 1. The van der Waals surface area contributed by atoms with Gasteiger partial charge in [0, 0.05) is 12.2 Å². The number of hydrogen-bond donors (Lipinski definition) is 2. The zero-order valence-corrected chi connectivity index (χ0v) is 11.9. The molecule has 1 saturated heterocycles. The third-order valence-corrected chi connectivity index (χ3v) is 3.57. The van der Waals surface area contributed by atoms with E-state index >= 15 is 0 Å². The Kier molecular flexibility index (Phi) is 4.74. The molecule has 1 amide bonds. The summed E-state index contributed by atoms with van der Waals surface area (Å²) in [4.78, 5) is 23.6. The van der Waals surface area contributed by atoms with Crippen molar-refractivity contribution in [3.8, 4) is 0 Å². The number of anilines is 1. The van der Waals surface area contributed by atoms with Gasteiger partial charge < -0.3 is 15.4 Å². The van der Waals surface area contributed by atoms with Crippen molar-refractivity contribution in [1.29, 1.82) is 0 Å². The number of carbonyl (C=O) groups excluding carboxylic acids is 2. The number of carbonyl (C=O) groups is 2. The first-order valence-corrected chi connectivity index (χ1v) is 6.82. The van der Waals surface area contributed by atoms with Crippen LogP contribution >= 0.6 is 0 Å². The molecule has 0 saturated carbocycles. The second-order valence-corrected chi connectivity index (χ2v) is 5.05. The van der Waals surface area contributed by atoms with E-state index in [2.05, 4.69) is 15.4 Å². The van der Waals surface area contributed by atoms with E-state index in [-0.39, 0.29) is 17.8 Å². The average Bonchev–Trinajstić information content (AvgIpc) is 2.49. The Labute approximate surface area is 118 Å². The van der Waals surface area contributed by atoms with E-state index in [1.165, 1.54) is 7.11 Å². The number of amides is 1. The second-order valence-electron chi connectivity index (χ2n) is 5.05. The Bertz CT molecular complexity index is 508. The zero-order valence-electron chi connectivity index (χ0n) is 11.9. The number of aryl methyl sites for hydroxylation is 1. The van der Waals surface area contributed by atoms with Crippen LogP contribution in [-0.2, 0) is 9.53 Å². The van der Waals surface area contributed by atoms with Crippen molar-refractivity contribution in [3.63, 3.8) is 0 Å². The fourth-order valence-corrected chi connectivity index (χ4v) is 2.36. The van der Waals surface area contributed by atoms with E-state index in [1.54, 1.807) is 18.2 Å². The van der Waals surface area contributed by atoms with Gasteiger partial charge in [0.15, 0.2) is 0 Å². The average molecular weight is 276 g/mol. The number of esters is 1.